The van der Waals surface area contributed by atoms with Gasteiger partial charge in [0.2, 0.25) is 5.91 Å². The first kappa shape index (κ1) is 12.1. The summed E-state index contributed by atoms with van der Waals surface area (Å²) in [6.45, 7) is 0. The van der Waals surface area contributed by atoms with Crippen LogP contribution in [0.1, 0.15) is 9.67 Å². The van der Waals surface area contributed by atoms with Crippen LogP contribution in [0.15, 0.2) is 29.8 Å². The van der Waals surface area contributed by atoms with Gasteiger partial charge in [0.15, 0.2) is 5.82 Å². The molecule has 0 aliphatic carbocycles. The molecule has 5 nitrogen and oxygen atoms in total. The van der Waals surface area contributed by atoms with Gasteiger partial charge in [0, 0.05) is 6.20 Å². The van der Waals surface area contributed by atoms with E-state index in [4.69, 9.17) is 11.6 Å². The maximum atomic E-state index is 12.1. The summed E-state index contributed by atoms with van der Waals surface area (Å²) in [6, 6.07) is 5.11. The second-order valence-corrected chi connectivity index (χ2v) is 5.01. The maximum absolute atomic E-state index is 12.1. The smallest absolute Gasteiger partial charge is 0.267 e. The average molecular weight is 294 g/mol. The molecule has 0 fully saturated rings. The summed E-state index contributed by atoms with van der Waals surface area (Å²) in [4.78, 5) is 30.2. The quantitative estimate of drug-likeness (QED) is 0.822. The van der Waals surface area contributed by atoms with E-state index >= 15 is 0 Å². The van der Waals surface area contributed by atoms with Gasteiger partial charge >= 0.3 is 0 Å². The number of nitrogens with one attached hydrogen (secondary N) is 1. The molecule has 0 bridgehead atoms. The maximum Gasteiger partial charge on any atom is 0.267 e. The number of halogens is 1. The molecular weight excluding hydrogens is 286 g/mol. The second-order valence-electron chi connectivity index (χ2n) is 3.83. The molecule has 1 aliphatic rings. The van der Waals surface area contributed by atoms with Crippen LogP contribution in [-0.4, -0.2) is 22.7 Å². The van der Waals surface area contributed by atoms with Gasteiger partial charge in [-0.3, -0.25) is 14.5 Å². The molecule has 0 atom stereocenters. The lowest BCUT2D eigenvalue weighted by molar-refractivity contribution is -0.115. The molecule has 0 aromatic carbocycles. The molecule has 0 spiro atoms. The minimum Gasteiger partial charge on any atom is -0.318 e. The summed E-state index contributed by atoms with van der Waals surface area (Å²) in [6.07, 6.45) is 1.57. The Balaban J connectivity index is 2.26. The Kier molecular flexibility index (Phi) is 2.96. The summed E-state index contributed by atoms with van der Waals surface area (Å²) in [5, 5.41) is 4.50. The SMILES string of the molecule is O=C1Nc2cccnc2N(C(=O)CCl)c2ccsc21. The van der Waals surface area contributed by atoms with Crippen molar-refractivity contribution in [3.8, 4) is 0 Å². The van der Waals surface area contributed by atoms with Gasteiger partial charge in [-0.2, -0.15) is 0 Å². The van der Waals surface area contributed by atoms with Crippen LogP contribution < -0.4 is 10.2 Å². The van der Waals surface area contributed by atoms with E-state index in [0.717, 1.165) is 0 Å². The van der Waals surface area contributed by atoms with Gasteiger partial charge < -0.3 is 5.32 Å². The zero-order chi connectivity index (χ0) is 13.4. The van der Waals surface area contributed by atoms with Crippen molar-refractivity contribution < 1.29 is 9.59 Å². The van der Waals surface area contributed by atoms with E-state index in [0.29, 0.717) is 22.1 Å². The number of amides is 2. The number of anilines is 3. The van der Waals surface area contributed by atoms with Crippen LogP contribution in [0.25, 0.3) is 0 Å². The predicted octanol–water partition coefficient (Wildman–Crippen LogP) is 2.61. The topological polar surface area (TPSA) is 62.3 Å². The van der Waals surface area contributed by atoms with Crippen molar-refractivity contribution >= 4 is 51.9 Å². The van der Waals surface area contributed by atoms with Crippen LogP contribution in [0.3, 0.4) is 0 Å². The Hall–Kier alpha value is -1.92. The molecule has 0 saturated carbocycles. The summed E-state index contributed by atoms with van der Waals surface area (Å²) in [5.41, 5.74) is 1.01. The number of rotatable bonds is 1. The molecule has 3 heterocycles. The fourth-order valence-electron chi connectivity index (χ4n) is 1.93. The fraction of sp³-hybridized carbons (Fsp3) is 0.0833. The molecule has 0 radical (unpaired) electrons. The van der Waals surface area contributed by atoms with Gasteiger partial charge in [-0.1, -0.05) is 0 Å². The highest BCUT2D eigenvalue weighted by atomic mass is 35.5. The molecule has 0 saturated heterocycles. The Morgan fingerprint density at radius 3 is 3.11 bits per heavy atom. The van der Waals surface area contributed by atoms with E-state index in [9.17, 15) is 9.59 Å². The van der Waals surface area contributed by atoms with Crippen molar-refractivity contribution in [3.05, 3.63) is 34.7 Å². The highest BCUT2D eigenvalue weighted by Gasteiger charge is 2.30. The predicted molar refractivity (Wildman–Crippen MR) is 74.4 cm³/mol. The summed E-state index contributed by atoms with van der Waals surface area (Å²) in [5.74, 6) is -0.361. The number of fused-ring (bicyclic) bond motifs is 2. The molecule has 1 aliphatic heterocycles. The van der Waals surface area contributed by atoms with Crippen LogP contribution in [0.2, 0.25) is 0 Å². The minimum absolute atomic E-state index is 0.181. The van der Waals surface area contributed by atoms with Crippen molar-refractivity contribution in [1.82, 2.24) is 4.98 Å². The molecule has 7 heteroatoms. The Labute approximate surface area is 117 Å². The lowest BCUT2D eigenvalue weighted by atomic mass is 10.3. The molecule has 1 N–H and O–H groups in total. The zero-order valence-electron chi connectivity index (χ0n) is 9.59. The number of nitrogens with zero attached hydrogens (tertiary/aromatic N) is 2. The molecule has 2 aromatic rings. The van der Waals surface area contributed by atoms with E-state index in [1.54, 1.807) is 29.8 Å². The third kappa shape index (κ3) is 1.89. The minimum atomic E-state index is -0.322. The van der Waals surface area contributed by atoms with Gasteiger partial charge in [0.05, 0.1) is 11.4 Å². The third-order valence-electron chi connectivity index (χ3n) is 2.70. The van der Waals surface area contributed by atoms with Crippen molar-refractivity contribution in [1.29, 1.82) is 0 Å². The number of thiophene rings is 1. The lowest BCUT2D eigenvalue weighted by Crippen LogP contribution is -2.27. The lowest BCUT2D eigenvalue weighted by Gasteiger charge is -2.20. The highest BCUT2D eigenvalue weighted by molar-refractivity contribution is 7.12. The molecule has 2 amide bonds. The molecule has 96 valence electrons. The standard InChI is InChI=1S/C12H8ClN3O2S/c13-6-9(17)16-8-3-5-19-10(8)12(18)15-7-2-1-4-14-11(7)16/h1-5H,6H2,(H,15,18). The number of alkyl halides is 1. The largest absolute Gasteiger partial charge is 0.318 e. The van der Waals surface area contributed by atoms with Gasteiger partial charge in [-0.25, -0.2) is 4.98 Å². The second kappa shape index (κ2) is 4.64. The highest BCUT2D eigenvalue weighted by Crippen LogP contribution is 2.38. The number of pyridine rings is 1. The molecule has 0 unspecified atom stereocenters. The molecule has 3 rings (SSSR count). The Morgan fingerprint density at radius 1 is 1.47 bits per heavy atom. The van der Waals surface area contributed by atoms with Crippen molar-refractivity contribution in [3.63, 3.8) is 0 Å². The Bertz CT molecular complexity index is 670. The van der Waals surface area contributed by atoms with E-state index in [1.807, 2.05) is 0 Å². The van der Waals surface area contributed by atoms with Gasteiger partial charge in [-0.05, 0) is 23.6 Å². The van der Waals surface area contributed by atoms with E-state index in [1.165, 1.54) is 16.2 Å². The number of carbonyl (C=O) groups is 2. The monoisotopic (exact) mass is 293 g/mol. The van der Waals surface area contributed by atoms with E-state index in [-0.39, 0.29) is 17.7 Å². The first-order valence-corrected chi connectivity index (χ1v) is 6.86. The van der Waals surface area contributed by atoms with Crippen LogP contribution in [0, 0.1) is 0 Å². The van der Waals surface area contributed by atoms with Crippen molar-refractivity contribution in [2.75, 3.05) is 16.1 Å². The number of hydrogen-bond acceptors (Lipinski definition) is 4. The molecule has 2 aromatic heterocycles. The summed E-state index contributed by atoms with van der Waals surface area (Å²) >= 11 is 6.93. The van der Waals surface area contributed by atoms with Crippen LogP contribution >= 0.6 is 22.9 Å². The third-order valence-corrected chi connectivity index (χ3v) is 3.83. The van der Waals surface area contributed by atoms with Crippen molar-refractivity contribution in [2.45, 2.75) is 0 Å². The Morgan fingerprint density at radius 2 is 2.32 bits per heavy atom. The fourth-order valence-corrected chi connectivity index (χ4v) is 2.82. The van der Waals surface area contributed by atoms with Crippen LogP contribution in [0.4, 0.5) is 17.2 Å². The first-order valence-electron chi connectivity index (χ1n) is 5.45. The van der Waals surface area contributed by atoms with Crippen molar-refractivity contribution in [2.24, 2.45) is 0 Å². The zero-order valence-corrected chi connectivity index (χ0v) is 11.2. The van der Waals surface area contributed by atoms with Gasteiger partial charge in [-0.15, -0.1) is 22.9 Å². The van der Waals surface area contributed by atoms with E-state index < -0.39 is 0 Å². The van der Waals surface area contributed by atoms with Crippen LogP contribution in [-0.2, 0) is 4.79 Å². The summed E-state index contributed by atoms with van der Waals surface area (Å²) < 4.78 is 0. The normalized spacial score (nSPS) is 13.3. The average Bonchev–Trinajstić information content (AvgIpc) is 2.86. The van der Waals surface area contributed by atoms with Crippen LogP contribution in [0.5, 0.6) is 0 Å². The number of hydrogen-bond donors (Lipinski definition) is 1. The molecule has 19 heavy (non-hydrogen) atoms. The summed E-state index contributed by atoms with van der Waals surface area (Å²) in [7, 11) is 0. The van der Waals surface area contributed by atoms with Gasteiger partial charge in [0.25, 0.3) is 5.91 Å². The van der Waals surface area contributed by atoms with Gasteiger partial charge in [0.1, 0.15) is 10.8 Å². The van der Waals surface area contributed by atoms with E-state index in [2.05, 4.69) is 10.3 Å². The number of carbonyl (C=O) groups excluding carboxylic acids is 2. The first-order chi connectivity index (χ1) is 9.22. The molecular formula is C12H8ClN3O2S. The number of aromatic nitrogens is 1.